The highest BCUT2D eigenvalue weighted by Gasteiger charge is 2.44. The van der Waals surface area contributed by atoms with Crippen LogP contribution in [0.25, 0.3) is 10.4 Å². The summed E-state index contributed by atoms with van der Waals surface area (Å²) in [4.78, 5) is 56.9. The number of likely N-dealkylation sites (tertiary alicyclic amines) is 1. The van der Waals surface area contributed by atoms with Gasteiger partial charge in [-0.3, -0.25) is 14.4 Å². The summed E-state index contributed by atoms with van der Waals surface area (Å²) in [6.07, 6.45) is -1.87. The number of rotatable bonds is 20. The molecule has 1 fully saturated rings. The fourth-order valence-corrected chi connectivity index (χ4v) is 5.85. The third-order valence-electron chi connectivity index (χ3n) is 7.58. The number of aryl methyl sites for hydroxylation is 1. The number of aromatic nitrogens is 1. The SMILES string of the molecule is Cc1ncsc1-c1ccc(CNC(=O)[C@@H]2C[C@@H](O)CN2C(=O)C(NC(=O)COCCOCCOCCOCCNC(=O)O)C(C)(C)C)cc1. The number of carboxylic acid groups (broad SMARTS) is 1. The molecule has 3 atom stereocenters. The zero-order chi connectivity index (χ0) is 35.8. The number of amides is 4. The van der Waals surface area contributed by atoms with E-state index in [1.165, 1.54) is 4.90 Å². The van der Waals surface area contributed by atoms with Gasteiger partial charge in [0, 0.05) is 26.1 Å². The van der Waals surface area contributed by atoms with E-state index < -0.39 is 41.5 Å². The lowest BCUT2D eigenvalue weighted by Crippen LogP contribution is -2.58. The quantitative estimate of drug-likeness (QED) is 0.125. The molecule has 0 radical (unpaired) electrons. The van der Waals surface area contributed by atoms with E-state index in [1.807, 2.05) is 52.0 Å². The lowest BCUT2D eigenvalue weighted by Gasteiger charge is -2.35. The minimum atomic E-state index is -1.10. The van der Waals surface area contributed by atoms with Crippen LogP contribution in [0.1, 0.15) is 38.4 Å². The van der Waals surface area contributed by atoms with E-state index in [1.54, 1.807) is 16.8 Å². The van der Waals surface area contributed by atoms with Crippen LogP contribution in [0.4, 0.5) is 4.79 Å². The smallest absolute Gasteiger partial charge is 0.404 e. The Labute approximate surface area is 290 Å². The first-order valence-electron chi connectivity index (χ1n) is 16.2. The second kappa shape index (κ2) is 20.1. The Morgan fingerprint density at radius 2 is 1.57 bits per heavy atom. The number of aliphatic hydroxyl groups is 1. The van der Waals surface area contributed by atoms with Crippen LogP contribution in [0, 0.1) is 12.3 Å². The normalized spacial score (nSPS) is 16.7. The summed E-state index contributed by atoms with van der Waals surface area (Å²) >= 11 is 1.57. The van der Waals surface area contributed by atoms with Gasteiger partial charge in [0.15, 0.2) is 0 Å². The van der Waals surface area contributed by atoms with Crippen LogP contribution in [0.5, 0.6) is 0 Å². The van der Waals surface area contributed by atoms with Gasteiger partial charge in [0.2, 0.25) is 17.7 Å². The number of aliphatic hydroxyl groups excluding tert-OH is 1. The van der Waals surface area contributed by atoms with Gasteiger partial charge in [-0.05, 0) is 23.5 Å². The number of benzene rings is 1. The molecule has 0 bridgehead atoms. The Morgan fingerprint density at radius 1 is 0.959 bits per heavy atom. The molecule has 15 nitrogen and oxygen atoms in total. The number of nitrogens with zero attached hydrogens (tertiary/aromatic N) is 2. The minimum Gasteiger partial charge on any atom is -0.465 e. The summed E-state index contributed by atoms with van der Waals surface area (Å²) in [5.41, 5.74) is 4.01. The lowest BCUT2D eigenvalue weighted by molar-refractivity contribution is -0.144. The average molecular weight is 708 g/mol. The maximum Gasteiger partial charge on any atom is 0.404 e. The van der Waals surface area contributed by atoms with Crippen molar-refractivity contribution in [3.05, 3.63) is 41.0 Å². The first kappa shape index (κ1) is 39.8. The molecule has 1 aliphatic rings. The van der Waals surface area contributed by atoms with E-state index in [9.17, 15) is 24.3 Å². The molecule has 1 aliphatic heterocycles. The van der Waals surface area contributed by atoms with E-state index >= 15 is 0 Å². The van der Waals surface area contributed by atoms with Crippen molar-refractivity contribution in [2.24, 2.45) is 5.41 Å². The van der Waals surface area contributed by atoms with E-state index in [4.69, 9.17) is 24.1 Å². The number of hydrogen-bond acceptors (Lipinski definition) is 11. The Kier molecular flexibility index (Phi) is 16.3. The van der Waals surface area contributed by atoms with Crippen LogP contribution in [0.2, 0.25) is 0 Å². The number of β-amino-alcohol motifs (C(OH)–C–C–N with tert-alkyl or cyclic N) is 1. The van der Waals surface area contributed by atoms with E-state index in [2.05, 4.69) is 20.9 Å². The van der Waals surface area contributed by atoms with Crippen molar-refractivity contribution >= 4 is 35.2 Å². The van der Waals surface area contributed by atoms with Gasteiger partial charge >= 0.3 is 6.09 Å². The van der Waals surface area contributed by atoms with E-state index in [-0.39, 0.29) is 58.4 Å². The van der Waals surface area contributed by atoms with E-state index in [0.717, 1.165) is 21.7 Å². The highest BCUT2D eigenvalue weighted by Crippen LogP contribution is 2.28. The molecule has 1 aromatic heterocycles. The third-order valence-corrected chi connectivity index (χ3v) is 8.56. The molecular formula is C33H49N5O10S. The molecule has 0 saturated carbocycles. The Morgan fingerprint density at radius 3 is 2.14 bits per heavy atom. The molecule has 1 aromatic carbocycles. The number of ether oxygens (including phenoxy) is 4. The van der Waals surface area contributed by atoms with Gasteiger partial charge in [0.1, 0.15) is 18.7 Å². The minimum absolute atomic E-state index is 0.0167. The molecule has 49 heavy (non-hydrogen) atoms. The maximum absolute atomic E-state index is 13.8. The molecule has 5 N–H and O–H groups in total. The van der Waals surface area contributed by atoms with Gasteiger partial charge in [-0.25, -0.2) is 9.78 Å². The highest BCUT2D eigenvalue weighted by atomic mass is 32.1. The van der Waals surface area contributed by atoms with Gasteiger partial charge in [-0.15, -0.1) is 11.3 Å². The van der Waals surface area contributed by atoms with Crippen LogP contribution in [0.15, 0.2) is 29.8 Å². The summed E-state index contributed by atoms with van der Waals surface area (Å²) in [6, 6.07) is 5.99. The van der Waals surface area contributed by atoms with Crippen LogP contribution in [-0.4, -0.2) is 128 Å². The zero-order valence-electron chi connectivity index (χ0n) is 28.6. The molecule has 4 amide bonds. The third kappa shape index (κ3) is 13.6. The number of thiazole rings is 1. The fourth-order valence-electron chi connectivity index (χ4n) is 5.04. The average Bonchev–Trinajstić information content (AvgIpc) is 3.67. The molecule has 1 unspecified atom stereocenters. The predicted molar refractivity (Wildman–Crippen MR) is 181 cm³/mol. The first-order valence-corrected chi connectivity index (χ1v) is 17.1. The molecular weight excluding hydrogens is 658 g/mol. The summed E-state index contributed by atoms with van der Waals surface area (Å²) < 4.78 is 21.4. The van der Waals surface area contributed by atoms with Crippen molar-refractivity contribution in [2.45, 2.75) is 58.8 Å². The monoisotopic (exact) mass is 707 g/mol. The zero-order valence-corrected chi connectivity index (χ0v) is 29.4. The Hall–Kier alpha value is -3.67. The first-order chi connectivity index (χ1) is 23.4. The summed E-state index contributed by atoms with van der Waals surface area (Å²) in [6.45, 7) is 9.50. The van der Waals surface area contributed by atoms with Crippen molar-refractivity contribution in [3.8, 4) is 10.4 Å². The van der Waals surface area contributed by atoms with Gasteiger partial charge in [-0.2, -0.15) is 0 Å². The fraction of sp³-hybridized carbons (Fsp3) is 0.606. The Balaban J connectivity index is 1.38. The van der Waals surface area contributed by atoms with Gasteiger partial charge < -0.3 is 50.0 Å². The van der Waals surface area contributed by atoms with Gasteiger partial charge in [-0.1, -0.05) is 45.0 Å². The second-order valence-corrected chi connectivity index (χ2v) is 13.4. The predicted octanol–water partition coefficient (Wildman–Crippen LogP) is 1.56. The molecule has 0 aliphatic carbocycles. The number of carbonyl (C=O) groups excluding carboxylic acids is 3. The number of nitrogens with one attached hydrogen (secondary N) is 3. The van der Waals surface area contributed by atoms with Gasteiger partial charge in [0.25, 0.3) is 0 Å². The second-order valence-electron chi connectivity index (χ2n) is 12.6. The van der Waals surface area contributed by atoms with Crippen molar-refractivity contribution in [2.75, 3.05) is 65.9 Å². The number of carbonyl (C=O) groups is 4. The van der Waals surface area contributed by atoms with Crippen molar-refractivity contribution in [1.29, 1.82) is 0 Å². The standard InChI is InChI=1S/C33H49N5O10S/c1-22-28(49-21-36-22)24-7-5-23(6-8-24)18-35-30(41)26-17-25(39)19-38(26)31(42)29(33(2,3)4)37-27(40)20-48-16-15-47-14-13-46-12-11-45-10-9-34-32(43)44/h5-8,21,25-26,29,34,39H,9-20H2,1-4H3,(H,35,41)(H,37,40)(H,43,44)/t25-,26+,29?/m1/s1. The van der Waals surface area contributed by atoms with Crippen LogP contribution in [-0.2, 0) is 39.9 Å². The lowest BCUT2D eigenvalue weighted by atomic mass is 9.85. The molecule has 272 valence electrons. The molecule has 2 aromatic rings. The topological polar surface area (TPSA) is 198 Å². The number of hydrogen-bond donors (Lipinski definition) is 5. The van der Waals surface area contributed by atoms with Crippen LogP contribution >= 0.6 is 11.3 Å². The summed E-state index contributed by atoms with van der Waals surface area (Å²) in [5.74, 6) is -1.32. The molecule has 2 heterocycles. The summed E-state index contributed by atoms with van der Waals surface area (Å²) in [5, 5.41) is 26.8. The largest absolute Gasteiger partial charge is 0.465 e. The van der Waals surface area contributed by atoms with Crippen LogP contribution < -0.4 is 16.0 Å². The van der Waals surface area contributed by atoms with E-state index in [0.29, 0.717) is 26.4 Å². The van der Waals surface area contributed by atoms with Crippen molar-refractivity contribution in [3.63, 3.8) is 0 Å². The molecule has 1 saturated heterocycles. The molecule has 0 spiro atoms. The summed E-state index contributed by atoms with van der Waals surface area (Å²) in [7, 11) is 0. The molecule has 3 rings (SSSR count). The van der Waals surface area contributed by atoms with Crippen molar-refractivity contribution in [1.82, 2.24) is 25.8 Å². The Bertz CT molecular complexity index is 1350. The van der Waals surface area contributed by atoms with Crippen LogP contribution in [0.3, 0.4) is 0 Å². The van der Waals surface area contributed by atoms with Gasteiger partial charge in [0.05, 0.1) is 68.4 Å². The highest BCUT2D eigenvalue weighted by molar-refractivity contribution is 7.13. The molecule has 16 heteroatoms. The van der Waals surface area contributed by atoms with Crippen molar-refractivity contribution < 1.29 is 48.3 Å². The maximum atomic E-state index is 13.8.